The molecule has 0 unspecified atom stereocenters. The Hall–Kier alpha value is -2.10. The predicted octanol–water partition coefficient (Wildman–Crippen LogP) is -0.249. The van der Waals surface area contributed by atoms with E-state index in [-0.39, 0.29) is 30.8 Å². The number of carbonyl (C=O) groups is 2. The molecule has 1 rings (SSSR count). The summed E-state index contributed by atoms with van der Waals surface area (Å²) in [6.45, 7) is -0.111. The summed E-state index contributed by atoms with van der Waals surface area (Å²) in [6.07, 6.45) is 2.83. The van der Waals surface area contributed by atoms with Crippen LogP contribution in [-0.4, -0.2) is 50.1 Å². The van der Waals surface area contributed by atoms with Gasteiger partial charge in [-0.05, 0) is 6.42 Å². The van der Waals surface area contributed by atoms with Gasteiger partial charge in [-0.3, -0.25) is 19.0 Å². The quantitative estimate of drug-likeness (QED) is 0.657. The number of nitrogens with zero attached hydrogens (tertiary/aromatic N) is 2. The van der Waals surface area contributed by atoms with Gasteiger partial charge in [0.15, 0.2) is 0 Å². The van der Waals surface area contributed by atoms with Crippen LogP contribution in [0.3, 0.4) is 0 Å². The molecule has 9 nitrogen and oxygen atoms in total. The molecule has 0 fully saturated rings. The fourth-order valence-electron chi connectivity index (χ4n) is 1.44. The Morgan fingerprint density at radius 1 is 1.29 bits per heavy atom. The van der Waals surface area contributed by atoms with Gasteiger partial charge in [0.1, 0.15) is 6.54 Å². The molecule has 1 aromatic rings. The normalized spacial score (nSPS) is 11.0. The van der Waals surface area contributed by atoms with E-state index in [1.54, 1.807) is 0 Å². The van der Waals surface area contributed by atoms with Crippen molar-refractivity contribution in [2.24, 2.45) is 0 Å². The number of hydrogen-bond donors (Lipinski definition) is 1. The van der Waals surface area contributed by atoms with E-state index >= 15 is 0 Å². The van der Waals surface area contributed by atoms with Gasteiger partial charge in [0.2, 0.25) is 10.0 Å². The van der Waals surface area contributed by atoms with E-state index in [1.807, 2.05) is 0 Å². The summed E-state index contributed by atoms with van der Waals surface area (Å²) >= 11 is 0. The van der Waals surface area contributed by atoms with Gasteiger partial charge < -0.3 is 9.47 Å². The summed E-state index contributed by atoms with van der Waals surface area (Å²) < 4.78 is 36.0. The zero-order valence-corrected chi connectivity index (χ0v) is 12.6. The maximum atomic E-state index is 11.8. The third-order valence-electron chi connectivity index (χ3n) is 2.45. The molecule has 0 aliphatic rings. The Bertz CT molecular complexity index is 595. The van der Waals surface area contributed by atoms with Crippen LogP contribution in [0.15, 0.2) is 12.4 Å². The van der Waals surface area contributed by atoms with Crippen molar-refractivity contribution < 1.29 is 27.5 Å². The number of esters is 2. The van der Waals surface area contributed by atoms with Crippen LogP contribution >= 0.6 is 0 Å². The van der Waals surface area contributed by atoms with Crippen molar-refractivity contribution in [2.45, 2.75) is 19.4 Å². The first-order chi connectivity index (χ1) is 9.86. The second-order valence-corrected chi connectivity index (χ2v) is 5.95. The van der Waals surface area contributed by atoms with Crippen molar-refractivity contribution in [3.8, 4) is 0 Å². The molecule has 0 radical (unpaired) electrons. The summed E-state index contributed by atoms with van der Waals surface area (Å²) in [5.41, 5.74) is 0.233. The van der Waals surface area contributed by atoms with Crippen LogP contribution in [0, 0.1) is 0 Å². The molecular weight excluding hydrogens is 302 g/mol. The maximum Gasteiger partial charge on any atom is 0.327 e. The van der Waals surface area contributed by atoms with Crippen LogP contribution in [0.25, 0.3) is 0 Å². The third-order valence-corrected chi connectivity index (χ3v) is 3.82. The summed E-state index contributed by atoms with van der Waals surface area (Å²) in [4.78, 5) is 21.9. The first kappa shape index (κ1) is 17.0. The Balaban J connectivity index is 2.51. The lowest BCUT2D eigenvalue weighted by atomic mass is 10.3. The second-order valence-electron chi connectivity index (χ2n) is 4.10. The number of carbonyl (C=O) groups excluding carboxylic acids is 2. The highest BCUT2D eigenvalue weighted by Gasteiger charge is 2.13. The van der Waals surface area contributed by atoms with Crippen molar-refractivity contribution in [3.05, 3.63) is 12.4 Å². The predicted molar refractivity (Wildman–Crippen MR) is 72.9 cm³/mol. The standard InChI is InChI=1S/C11H17N3O6S/c1-19-10(15)4-3-5-21(17,18)13-9-6-12-14(7-9)8-11(16)20-2/h6-7,13H,3-5,8H2,1-2H3. The van der Waals surface area contributed by atoms with Gasteiger partial charge in [-0.25, -0.2) is 8.42 Å². The molecule has 0 saturated carbocycles. The molecular formula is C11H17N3O6S. The van der Waals surface area contributed by atoms with Gasteiger partial charge in [-0.15, -0.1) is 0 Å². The summed E-state index contributed by atoms with van der Waals surface area (Å²) in [6, 6.07) is 0. The minimum atomic E-state index is -3.59. The minimum Gasteiger partial charge on any atom is -0.469 e. The van der Waals surface area contributed by atoms with Crippen molar-refractivity contribution in [1.29, 1.82) is 0 Å². The largest absolute Gasteiger partial charge is 0.469 e. The second kappa shape index (κ2) is 7.62. The Morgan fingerprint density at radius 3 is 2.57 bits per heavy atom. The highest BCUT2D eigenvalue weighted by Crippen LogP contribution is 2.09. The van der Waals surface area contributed by atoms with Crippen LogP contribution in [0.1, 0.15) is 12.8 Å². The Kier molecular flexibility index (Phi) is 6.15. The van der Waals surface area contributed by atoms with Gasteiger partial charge >= 0.3 is 11.9 Å². The fourth-order valence-corrected chi connectivity index (χ4v) is 2.53. The lowest BCUT2D eigenvalue weighted by Crippen LogP contribution is -2.17. The molecule has 0 bridgehead atoms. The summed E-state index contributed by atoms with van der Waals surface area (Å²) in [5, 5.41) is 3.82. The summed E-state index contributed by atoms with van der Waals surface area (Å²) in [7, 11) is -1.10. The van der Waals surface area contributed by atoms with Gasteiger partial charge in [0.05, 0.1) is 31.9 Å². The number of ether oxygens (including phenoxy) is 2. The van der Waals surface area contributed by atoms with E-state index in [2.05, 4.69) is 19.3 Å². The zero-order valence-electron chi connectivity index (χ0n) is 11.7. The third kappa shape index (κ3) is 6.25. The van der Waals surface area contributed by atoms with E-state index in [0.29, 0.717) is 0 Å². The average Bonchev–Trinajstić information content (AvgIpc) is 2.84. The van der Waals surface area contributed by atoms with Crippen LogP contribution in [0.4, 0.5) is 5.69 Å². The van der Waals surface area contributed by atoms with Gasteiger partial charge in [0.25, 0.3) is 0 Å². The zero-order chi connectivity index (χ0) is 15.9. The lowest BCUT2D eigenvalue weighted by Gasteiger charge is -2.05. The SMILES string of the molecule is COC(=O)CCCS(=O)(=O)Nc1cnn(CC(=O)OC)c1. The minimum absolute atomic E-state index is 0.0268. The molecule has 1 heterocycles. The molecule has 0 amide bonds. The van der Waals surface area contributed by atoms with E-state index in [4.69, 9.17) is 0 Å². The van der Waals surface area contributed by atoms with Gasteiger partial charge in [-0.2, -0.15) is 5.10 Å². The van der Waals surface area contributed by atoms with E-state index in [1.165, 1.54) is 31.3 Å². The number of aromatic nitrogens is 2. The number of rotatable bonds is 8. The molecule has 0 aliphatic heterocycles. The number of methoxy groups -OCH3 is 2. The number of hydrogen-bond acceptors (Lipinski definition) is 7. The van der Waals surface area contributed by atoms with Crippen LogP contribution in [0.2, 0.25) is 0 Å². The fraction of sp³-hybridized carbons (Fsp3) is 0.545. The van der Waals surface area contributed by atoms with Crippen molar-refractivity contribution in [3.63, 3.8) is 0 Å². The average molecular weight is 319 g/mol. The Labute approximate surface area is 122 Å². The highest BCUT2D eigenvalue weighted by molar-refractivity contribution is 7.92. The van der Waals surface area contributed by atoms with Crippen LogP contribution in [0.5, 0.6) is 0 Å². The first-order valence-corrected chi connectivity index (χ1v) is 7.68. The lowest BCUT2D eigenvalue weighted by molar-refractivity contribution is -0.142. The molecule has 10 heteroatoms. The van der Waals surface area contributed by atoms with Crippen molar-refractivity contribution in [2.75, 3.05) is 24.7 Å². The highest BCUT2D eigenvalue weighted by atomic mass is 32.2. The number of anilines is 1. The van der Waals surface area contributed by atoms with E-state index in [9.17, 15) is 18.0 Å². The topological polar surface area (TPSA) is 117 Å². The Morgan fingerprint density at radius 2 is 1.95 bits per heavy atom. The molecule has 0 aliphatic carbocycles. The smallest absolute Gasteiger partial charge is 0.327 e. The number of nitrogens with one attached hydrogen (secondary N) is 1. The first-order valence-electron chi connectivity index (χ1n) is 6.03. The van der Waals surface area contributed by atoms with Crippen molar-refractivity contribution >= 4 is 27.6 Å². The molecule has 1 aromatic heterocycles. The molecule has 0 spiro atoms. The van der Waals surface area contributed by atoms with Crippen LogP contribution in [-0.2, 0) is 35.6 Å². The van der Waals surface area contributed by atoms with E-state index in [0.717, 1.165) is 0 Å². The van der Waals surface area contributed by atoms with Gasteiger partial charge in [-0.1, -0.05) is 0 Å². The van der Waals surface area contributed by atoms with E-state index < -0.39 is 22.0 Å². The summed E-state index contributed by atoms with van der Waals surface area (Å²) in [5.74, 6) is -1.17. The maximum absolute atomic E-state index is 11.8. The van der Waals surface area contributed by atoms with Crippen LogP contribution < -0.4 is 4.72 Å². The molecule has 0 aromatic carbocycles. The molecule has 0 saturated heterocycles. The molecule has 1 N–H and O–H groups in total. The molecule has 21 heavy (non-hydrogen) atoms. The molecule has 0 atom stereocenters. The molecule has 118 valence electrons. The monoisotopic (exact) mass is 319 g/mol. The van der Waals surface area contributed by atoms with Gasteiger partial charge in [0, 0.05) is 12.6 Å². The van der Waals surface area contributed by atoms with Crippen molar-refractivity contribution in [1.82, 2.24) is 9.78 Å². The number of sulfonamides is 1.